The van der Waals surface area contributed by atoms with Gasteiger partial charge >= 0.3 is 12.6 Å². The number of hydrogen-bond donors (Lipinski definition) is 2. The molecule has 0 saturated heterocycles. The average Bonchev–Trinajstić information content (AvgIpc) is 2.17. The number of rotatable bonds is 3. The van der Waals surface area contributed by atoms with Gasteiger partial charge in [-0.2, -0.15) is 8.78 Å². The smallest absolute Gasteiger partial charge is 0.387 e. The van der Waals surface area contributed by atoms with Gasteiger partial charge < -0.3 is 15.4 Å². The van der Waals surface area contributed by atoms with Gasteiger partial charge in [0.1, 0.15) is 5.75 Å². The molecule has 0 radical (unpaired) electrons. The number of carbonyl (C=O) groups excluding carboxylic acids is 1. The fourth-order valence-corrected chi connectivity index (χ4v) is 0.944. The van der Waals surface area contributed by atoms with Crippen molar-refractivity contribution < 1.29 is 18.3 Å². The zero-order valence-electron chi connectivity index (χ0n) is 7.96. The molecule has 2 N–H and O–H groups in total. The van der Waals surface area contributed by atoms with Crippen LogP contribution in [0.3, 0.4) is 0 Å². The summed E-state index contributed by atoms with van der Waals surface area (Å²) in [5, 5.41) is 4.76. The Morgan fingerprint density at radius 1 is 1.47 bits per heavy atom. The fourth-order valence-electron chi connectivity index (χ4n) is 0.944. The van der Waals surface area contributed by atoms with E-state index in [1.807, 2.05) is 0 Å². The zero-order valence-corrected chi connectivity index (χ0v) is 7.96. The second kappa shape index (κ2) is 5.14. The van der Waals surface area contributed by atoms with Crippen molar-refractivity contribution in [3.63, 3.8) is 0 Å². The first-order valence-corrected chi connectivity index (χ1v) is 4.15. The first kappa shape index (κ1) is 11.2. The van der Waals surface area contributed by atoms with Crippen molar-refractivity contribution in [1.29, 1.82) is 0 Å². The predicted octanol–water partition coefficient (Wildman–Crippen LogP) is 2.04. The van der Waals surface area contributed by atoms with E-state index in [2.05, 4.69) is 15.4 Å². The average molecular weight is 216 g/mol. The Hall–Kier alpha value is -1.85. The summed E-state index contributed by atoms with van der Waals surface area (Å²) in [6.45, 7) is -2.87. The Balaban J connectivity index is 2.69. The van der Waals surface area contributed by atoms with Crippen molar-refractivity contribution in [3.8, 4) is 5.75 Å². The van der Waals surface area contributed by atoms with Crippen molar-refractivity contribution in [3.05, 3.63) is 24.3 Å². The van der Waals surface area contributed by atoms with Crippen LogP contribution in [0.15, 0.2) is 24.3 Å². The van der Waals surface area contributed by atoms with Gasteiger partial charge in [-0.1, -0.05) is 6.07 Å². The lowest BCUT2D eigenvalue weighted by atomic mass is 10.3. The summed E-state index contributed by atoms with van der Waals surface area (Å²) in [5.74, 6) is -0.00102. The normalized spacial score (nSPS) is 9.87. The quantitative estimate of drug-likeness (QED) is 0.812. The first-order valence-electron chi connectivity index (χ1n) is 4.15. The number of carbonyl (C=O) groups is 1. The highest BCUT2D eigenvalue weighted by Gasteiger charge is 2.05. The van der Waals surface area contributed by atoms with Crippen LogP contribution >= 0.6 is 0 Å². The standard InChI is InChI=1S/C9H10F2N2O2/c1-12-9(14)13-6-3-2-4-7(5-6)15-8(10)11/h2-5,8H,1H3,(H2,12,13,14). The van der Waals surface area contributed by atoms with E-state index in [1.54, 1.807) is 6.07 Å². The van der Waals surface area contributed by atoms with Crippen LogP contribution in [0.2, 0.25) is 0 Å². The minimum atomic E-state index is -2.87. The van der Waals surface area contributed by atoms with Crippen molar-refractivity contribution in [2.75, 3.05) is 12.4 Å². The third kappa shape index (κ3) is 3.80. The zero-order chi connectivity index (χ0) is 11.3. The van der Waals surface area contributed by atoms with Crippen LogP contribution in [0.5, 0.6) is 5.75 Å². The van der Waals surface area contributed by atoms with Gasteiger partial charge in [0.05, 0.1) is 0 Å². The van der Waals surface area contributed by atoms with E-state index in [4.69, 9.17) is 0 Å². The number of amides is 2. The van der Waals surface area contributed by atoms with Crippen molar-refractivity contribution >= 4 is 11.7 Å². The molecule has 0 unspecified atom stereocenters. The molecule has 0 aromatic heterocycles. The molecule has 0 saturated carbocycles. The van der Waals surface area contributed by atoms with Crippen molar-refractivity contribution in [2.24, 2.45) is 0 Å². The van der Waals surface area contributed by atoms with Crippen LogP contribution in [-0.4, -0.2) is 19.7 Å². The molecule has 0 aliphatic rings. The monoisotopic (exact) mass is 216 g/mol. The highest BCUT2D eigenvalue weighted by molar-refractivity contribution is 5.89. The van der Waals surface area contributed by atoms with Gasteiger partial charge in [-0.15, -0.1) is 0 Å². The van der Waals surface area contributed by atoms with Gasteiger partial charge in [0.2, 0.25) is 0 Å². The maximum atomic E-state index is 11.9. The third-order valence-electron chi connectivity index (χ3n) is 1.54. The maximum absolute atomic E-state index is 11.9. The third-order valence-corrected chi connectivity index (χ3v) is 1.54. The summed E-state index contributed by atoms with van der Waals surface area (Å²) in [7, 11) is 1.45. The van der Waals surface area contributed by atoms with E-state index in [9.17, 15) is 13.6 Å². The number of halogens is 2. The summed E-state index contributed by atoms with van der Waals surface area (Å²) < 4.78 is 27.9. The van der Waals surface area contributed by atoms with Crippen LogP contribution in [0.25, 0.3) is 0 Å². The Kier molecular flexibility index (Phi) is 3.84. The van der Waals surface area contributed by atoms with Gasteiger partial charge in [-0.3, -0.25) is 0 Å². The van der Waals surface area contributed by atoms with Crippen LogP contribution in [0.1, 0.15) is 0 Å². The Morgan fingerprint density at radius 3 is 2.80 bits per heavy atom. The molecule has 0 atom stereocenters. The molecule has 2 amide bonds. The molecule has 0 aliphatic carbocycles. The molecule has 0 aliphatic heterocycles. The van der Waals surface area contributed by atoms with Crippen LogP contribution in [0, 0.1) is 0 Å². The number of nitrogens with one attached hydrogen (secondary N) is 2. The van der Waals surface area contributed by atoms with Gasteiger partial charge in [-0.25, -0.2) is 4.79 Å². The van der Waals surface area contributed by atoms with Crippen molar-refractivity contribution in [1.82, 2.24) is 5.32 Å². The Labute approximate surface area is 85.2 Å². The summed E-state index contributed by atoms with van der Waals surface area (Å²) >= 11 is 0. The number of anilines is 1. The van der Waals surface area contributed by atoms with Gasteiger partial charge in [0.15, 0.2) is 0 Å². The van der Waals surface area contributed by atoms with Gasteiger partial charge in [0.25, 0.3) is 0 Å². The highest BCUT2D eigenvalue weighted by atomic mass is 19.3. The molecule has 0 spiro atoms. The van der Waals surface area contributed by atoms with Gasteiger partial charge in [-0.05, 0) is 12.1 Å². The predicted molar refractivity (Wildman–Crippen MR) is 51.2 cm³/mol. The number of alkyl halides is 2. The van der Waals surface area contributed by atoms with Gasteiger partial charge in [0, 0.05) is 18.8 Å². The number of ether oxygens (including phenoxy) is 1. The lowest BCUT2D eigenvalue weighted by Gasteiger charge is -2.07. The topological polar surface area (TPSA) is 50.4 Å². The Morgan fingerprint density at radius 2 is 2.20 bits per heavy atom. The van der Waals surface area contributed by atoms with Crippen LogP contribution in [-0.2, 0) is 0 Å². The van der Waals surface area contributed by atoms with Crippen molar-refractivity contribution in [2.45, 2.75) is 6.61 Å². The molecule has 0 fully saturated rings. The molecular weight excluding hydrogens is 206 g/mol. The highest BCUT2D eigenvalue weighted by Crippen LogP contribution is 2.18. The fraction of sp³-hybridized carbons (Fsp3) is 0.222. The lowest BCUT2D eigenvalue weighted by Crippen LogP contribution is -2.24. The largest absolute Gasteiger partial charge is 0.435 e. The summed E-state index contributed by atoms with van der Waals surface area (Å²) in [6.07, 6.45) is 0. The maximum Gasteiger partial charge on any atom is 0.387 e. The SMILES string of the molecule is CNC(=O)Nc1cccc(OC(F)F)c1. The molecule has 1 aromatic carbocycles. The minimum absolute atomic E-state index is 0.00102. The summed E-state index contributed by atoms with van der Waals surface area (Å²) in [5.41, 5.74) is 0.382. The van der Waals surface area contributed by atoms with E-state index < -0.39 is 12.6 Å². The lowest BCUT2D eigenvalue weighted by molar-refractivity contribution is -0.0497. The summed E-state index contributed by atoms with van der Waals surface area (Å²) in [6, 6.07) is 5.32. The van der Waals surface area contributed by atoms with E-state index >= 15 is 0 Å². The number of hydrogen-bond acceptors (Lipinski definition) is 2. The van der Waals surface area contributed by atoms with E-state index in [-0.39, 0.29) is 5.75 Å². The molecule has 6 heteroatoms. The molecule has 1 aromatic rings. The van der Waals surface area contributed by atoms with E-state index in [0.29, 0.717) is 5.69 Å². The minimum Gasteiger partial charge on any atom is -0.435 e. The van der Waals surface area contributed by atoms with Crippen LogP contribution < -0.4 is 15.4 Å². The molecule has 0 heterocycles. The molecular formula is C9H10F2N2O2. The Bertz CT molecular complexity index is 345. The molecule has 0 bridgehead atoms. The molecule has 1 rings (SSSR count). The number of benzene rings is 1. The van der Waals surface area contributed by atoms with E-state index in [1.165, 1.54) is 25.2 Å². The second-order valence-corrected chi connectivity index (χ2v) is 2.61. The second-order valence-electron chi connectivity index (χ2n) is 2.61. The molecule has 4 nitrogen and oxygen atoms in total. The molecule has 15 heavy (non-hydrogen) atoms. The van der Waals surface area contributed by atoms with Crippen LogP contribution in [0.4, 0.5) is 19.3 Å². The molecule has 82 valence electrons. The summed E-state index contributed by atoms with van der Waals surface area (Å²) in [4.78, 5) is 10.9. The number of urea groups is 1. The first-order chi connectivity index (χ1) is 7.11. The van der Waals surface area contributed by atoms with E-state index in [0.717, 1.165) is 0 Å².